The Hall–Kier alpha value is -1.11. The number of halogens is 1. The molecule has 5 nitrogen and oxygen atoms in total. The first kappa shape index (κ1) is 20.6. The third kappa shape index (κ3) is 4.66. The van der Waals surface area contributed by atoms with E-state index in [4.69, 9.17) is 21.1 Å². The van der Waals surface area contributed by atoms with Crippen molar-refractivity contribution in [3.05, 3.63) is 22.7 Å². The van der Waals surface area contributed by atoms with Gasteiger partial charge in [0.15, 0.2) is 11.5 Å². The van der Waals surface area contributed by atoms with Crippen molar-refractivity contribution in [2.45, 2.75) is 38.1 Å². The van der Waals surface area contributed by atoms with E-state index in [2.05, 4.69) is 10.2 Å². The molecule has 7 heteroatoms. The van der Waals surface area contributed by atoms with Crippen LogP contribution in [0.4, 0.5) is 0 Å². The summed E-state index contributed by atoms with van der Waals surface area (Å²) >= 11 is 8.34. The number of ether oxygens (including phenoxy) is 2. The van der Waals surface area contributed by atoms with Crippen molar-refractivity contribution < 1.29 is 14.3 Å². The number of amides is 1. The molecular weight excluding hydrogens is 384 g/mol. The van der Waals surface area contributed by atoms with E-state index in [9.17, 15) is 4.79 Å². The summed E-state index contributed by atoms with van der Waals surface area (Å²) in [5, 5.41) is 3.56. The lowest BCUT2D eigenvalue weighted by molar-refractivity contribution is 0.0817. The zero-order valence-corrected chi connectivity index (χ0v) is 17.8. The monoisotopic (exact) mass is 412 g/mol. The fourth-order valence-corrected chi connectivity index (χ4v) is 5.33. The fourth-order valence-electron chi connectivity index (χ4n) is 4.16. The van der Waals surface area contributed by atoms with Gasteiger partial charge in [-0.15, -0.1) is 0 Å². The van der Waals surface area contributed by atoms with E-state index < -0.39 is 0 Å². The van der Waals surface area contributed by atoms with Crippen molar-refractivity contribution in [3.8, 4) is 11.5 Å². The lowest BCUT2D eigenvalue weighted by atomic mass is 9.94. The van der Waals surface area contributed by atoms with E-state index in [1.165, 1.54) is 24.3 Å². The van der Waals surface area contributed by atoms with Crippen molar-refractivity contribution in [1.29, 1.82) is 0 Å². The van der Waals surface area contributed by atoms with Crippen LogP contribution in [0.1, 0.15) is 43.0 Å². The average Bonchev–Trinajstić information content (AvgIpc) is 3.18. The molecule has 1 aromatic carbocycles. The molecule has 0 unspecified atom stereocenters. The first-order valence-electron chi connectivity index (χ1n) is 9.71. The highest BCUT2D eigenvalue weighted by molar-refractivity contribution is 7.99. The summed E-state index contributed by atoms with van der Waals surface area (Å²) in [5.41, 5.74) is 0.609. The largest absolute Gasteiger partial charge is 0.493 e. The smallest absolute Gasteiger partial charge is 0.251 e. The van der Waals surface area contributed by atoms with E-state index in [0.717, 1.165) is 25.9 Å². The summed E-state index contributed by atoms with van der Waals surface area (Å²) in [5.74, 6) is 3.22. The third-order valence-corrected chi connectivity index (χ3v) is 6.80. The summed E-state index contributed by atoms with van der Waals surface area (Å²) in [6, 6.07) is 3.36. The number of thioether (sulfide) groups is 1. The number of hydrogen-bond acceptors (Lipinski definition) is 5. The van der Waals surface area contributed by atoms with Crippen LogP contribution in [0.3, 0.4) is 0 Å². The second-order valence-corrected chi connectivity index (χ2v) is 8.77. The quantitative estimate of drug-likeness (QED) is 0.737. The molecule has 1 saturated heterocycles. The molecule has 3 rings (SSSR count). The number of nitrogens with zero attached hydrogens (tertiary/aromatic N) is 1. The molecule has 1 N–H and O–H groups in total. The number of methoxy groups -OCH3 is 1. The highest BCUT2D eigenvalue weighted by Gasteiger charge is 2.40. The predicted molar refractivity (Wildman–Crippen MR) is 112 cm³/mol. The molecule has 0 spiro atoms. The standard InChI is InChI=1S/C20H29ClN2O3S/c1-3-26-18-16(21)12-15(13-17(18)25-2)19(24)22-14-20(6-4-5-7-20)23-8-10-27-11-9-23/h12-13H,3-11,14H2,1-2H3,(H,22,24). The van der Waals surface area contributed by atoms with E-state index in [1.807, 2.05) is 18.7 Å². The van der Waals surface area contributed by atoms with E-state index >= 15 is 0 Å². The molecule has 1 heterocycles. The van der Waals surface area contributed by atoms with Crippen LogP contribution in [0, 0.1) is 0 Å². The SMILES string of the molecule is CCOc1c(Cl)cc(C(=O)NCC2(N3CCSCC3)CCCC2)cc1OC. The fraction of sp³-hybridized carbons (Fsp3) is 0.650. The molecule has 27 heavy (non-hydrogen) atoms. The lowest BCUT2D eigenvalue weighted by Gasteiger charge is -2.43. The Bertz CT molecular complexity index is 659. The van der Waals surface area contributed by atoms with Crippen LogP contribution in [0.2, 0.25) is 5.02 Å². The third-order valence-electron chi connectivity index (χ3n) is 5.57. The Labute approximate surface area is 171 Å². The summed E-state index contributed by atoms with van der Waals surface area (Å²) in [7, 11) is 1.55. The normalized spacial score (nSPS) is 19.7. The molecular formula is C20H29ClN2O3S. The predicted octanol–water partition coefficient (Wildman–Crippen LogP) is 3.84. The minimum atomic E-state index is -0.115. The Morgan fingerprint density at radius 1 is 1.30 bits per heavy atom. The minimum Gasteiger partial charge on any atom is -0.493 e. The Kier molecular flexibility index (Phi) is 7.17. The maximum atomic E-state index is 12.8. The first-order valence-corrected chi connectivity index (χ1v) is 11.2. The van der Waals surface area contributed by atoms with E-state index in [0.29, 0.717) is 35.2 Å². The molecule has 0 bridgehead atoms. The Morgan fingerprint density at radius 3 is 2.63 bits per heavy atom. The molecule has 150 valence electrons. The Balaban J connectivity index is 1.71. The van der Waals surface area contributed by atoms with Gasteiger partial charge in [0.1, 0.15) is 0 Å². The molecule has 0 aromatic heterocycles. The van der Waals surface area contributed by atoms with Crippen LogP contribution in [0.15, 0.2) is 12.1 Å². The van der Waals surface area contributed by atoms with Gasteiger partial charge in [0.05, 0.1) is 18.7 Å². The van der Waals surface area contributed by atoms with Crippen LogP contribution >= 0.6 is 23.4 Å². The second kappa shape index (κ2) is 9.39. The Morgan fingerprint density at radius 2 is 2.00 bits per heavy atom. The van der Waals surface area contributed by atoms with Crippen molar-refractivity contribution in [2.24, 2.45) is 0 Å². The molecule has 1 aliphatic heterocycles. The van der Waals surface area contributed by atoms with Crippen molar-refractivity contribution in [1.82, 2.24) is 10.2 Å². The maximum absolute atomic E-state index is 12.8. The molecule has 1 aliphatic carbocycles. The topological polar surface area (TPSA) is 50.8 Å². The average molecular weight is 413 g/mol. The summed E-state index contributed by atoms with van der Waals surface area (Å²) in [4.78, 5) is 15.4. The number of hydrogen-bond donors (Lipinski definition) is 1. The zero-order chi connectivity index (χ0) is 19.3. The number of rotatable bonds is 7. The van der Waals surface area contributed by atoms with Gasteiger partial charge in [-0.1, -0.05) is 24.4 Å². The summed E-state index contributed by atoms with van der Waals surface area (Å²) < 4.78 is 10.9. The van der Waals surface area contributed by atoms with Gasteiger partial charge in [-0.25, -0.2) is 0 Å². The number of nitrogens with one attached hydrogen (secondary N) is 1. The number of carbonyl (C=O) groups is 1. The molecule has 1 aromatic rings. The molecule has 1 saturated carbocycles. The highest BCUT2D eigenvalue weighted by Crippen LogP contribution is 2.38. The van der Waals surface area contributed by atoms with Gasteiger partial charge in [0.2, 0.25) is 0 Å². The molecule has 1 amide bonds. The molecule has 2 aliphatic rings. The summed E-state index contributed by atoms with van der Waals surface area (Å²) in [6.45, 7) is 5.28. The maximum Gasteiger partial charge on any atom is 0.251 e. The van der Waals surface area contributed by atoms with Gasteiger partial charge < -0.3 is 14.8 Å². The minimum absolute atomic E-state index is 0.107. The van der Waals surface area contributed by atoms with Crippen molar-refractivity contribution in [3.63, 3.8) is 0 Å². The van der Waals surface area contributed by atoms with Crippen LogP contribution in [-0.2, 0) is 0 Å². The van der Waals surface area contributed by atoms with Crippen molar-refractivity contribution in [2.75, 3.05) is 44.9 Å². The van der Waals surface area contributed by atoms with Crippen LogP contribution in [0.5, 0.6) is 11.5 Å². The zero-order valence-electron chi connectivity index (χ0n) is 16.2. The van der Waals surface area contributed by atoms with E-state index in [1.54, 1.807) is 19.2 Å². The van der Waals surface area contributed by atoms with Gasteiger partial charge in [0, 0.05) is 42.2 Å². The van der Waals surface area contributed by atoms with Crippen molar-refractivity contribution >= 4 is 29.3 Å². The van der Waals surface area contributed by atoms with Gasteiger partial charge >= 0.3 is 0 Å². The number of carbonyl (C=O) groups excluding carboxylic acids is 1. The van der Waals surface area contributed by atoms with Crippen LogP contribution in [0.25, 0.3) is 0 Å². The molecule has 0 atom stereocenters. The first-order chi connectivity index (χ1) is 13.1. The van der Waals surface area contributed by atoms with Crippen LogP contribution < -0.4 is 14.8 Å². The molecule has 0 radical (unpaired) electrons. The second-order valence-electron chi connectivity index (χ2n) is 7.14. The van der Waals surface area contributed by atoms with Gasteiger partial charge in [-0.05, 0) is 31.9 Å². The molecule has 2 fully saturated rings. The van der Waals surface area contributed by atoms with E-state index in [-0.39, 0.29) is 11.4 Å². The highest BCUT2D eigenvalue weighted by atomic mass is 35.5. The van der Waals surface area contributed by atoms with Crippen LogP contribution in [-0.4, -0.2) is 61.2 Å². The van der Waals surface area contributed by atoms with Gasteiger partial charge in [-0.3, -0.25) is 9.69 Å². The van der Waals surface area contributed by atoms with Gasteiger partial charge in [0.25, 0.3) is 5.91 Å². The lowest BCUT2D eigenvalue weighted by Crippen LogP contribution is -2.56. The summed E-state index contributed by atoms with van der Waals surface area (Å²) in [6.07, 6.45) is 4.79. The number of benzene rings is 1. The van der Waals surface area contributed by atoms with Gasteiger partial charge in [-0.2, -0.15) is 11.8 Å².